The van der Waals surface area contributed by atoms with Crippen molar-refractivity contribution in [3.8, 4) is 0 Å². The summed E-state index contributed by atoms with van der Waals surface area (Å²) in [6, 6.07) is 0. The summed E-state index contributed by atoms with van der Waals surface area (Å²) in [5, 5.41) is 3.09. The first-order valence-corrected chi connectivity index (χ1v) is 3.45. The Balaban J connectivity index is 2.12. The maximum atomic E-state index is 5.14. The van der Waals surface area contributed by atoms with Gasteiger partial charge in [-0.3, -0.25) is 0 Å². The van der Waals surface area contributed by atoms with Gasteiger partial charge >= 0.3 is 0 Å². The maximum absolute atomic E-state index is 5.14. The highest BCUT2D eigenvalue weighted by Gasteiger charge is 2.32. The number of rotatable bonds is 3. The molecule has 3 heteroatoms. The van der Waals surface area contributed by atoms with E-state index in [2.05, 4.69) is 12.2 Å². The average molecular weight is 142 g/mol. The highest BCUT2D eigenvalue weighted by Crippen LogP contribution is 2.24. The van der Waals surface area contributed by atoms with Gasteiger partial charge in [-0.1, -0.05) is 6.92 Å². The molecule has 0 aromatic heterocycles. The fraction of sp³-hybridized carbons (Fsp3) is 0.714. The van der Waals surface area contributed by atoms with Crippen molar-refractivity contribution >= 4 is 0 Å². The summed E-state index contributed by atoms with van der Waals surface area (Å²) < 4.78 is 5.07. The minimum Gasteiger partial charge on any atom is -0.403 e. The second-order valence-corrected chi connectivity index (χ2v) is 3.04. The predicted molar refractivity (Wildman–Crippen MR) is 40.3 cm³/mol. The molecule has 0 saturated carbocycles. The van der Waals surface area contributed by atoms with Crippen LogP contribution in [-0.4, -0.2) is 19.8 Å². The first-order valence-electron chi connectivity index (χ1n) is 3.45. The van der Waals surface area contributed by atoms with Crippen LogP contribution in [0.3, 0.4) is 0 Å². The lowest BCUT2D eigenvalue weighted by Crippen LogP contribution is -2.46. The van der Waals surface area contributed by atoms with E-state index < -0.39 is 0 Å². The summed E-state index contributed by atoms with van der Waals surface area (Å²) in [5.74, 6) is 0. The number of ether oxygens (including phenoxy) is 1. The number of hydrogen-bond acceptors (Lipinski definition) is 3. The van der Waals surface area contributed by atoms with Crippen LogP contribution < -0.4 is 11.1 Å². The van der Waals surface area contributed by atoms with Crippen LogP contribution in [0.1, 0.15) is 6.92 Å². The number of nitrogens with two attached hydrogens (primary N) is 1. The number of nitrogens with one attached hydrogen (secondary N) is 1. The van der Waals surface area contributed by atoms with Gasteiger partial charge in [-0.25, -0.2) is 0 Å². The Morgan fingerprint density at radius 2 is 2.40 bits per heavy atom. The van der Waals surface area contributed by atoms with E-state index in [0.717, 1.165) is 19.8 Å². The van der Waals surface area contributed by atoms with Crippen molar-refractivity contribution in [2.24, 2.45) is 11.1 Å². The van der Waals surface area contributed by atoms with E-state index >= 15 is 0 Å². The Morgan fingerprint density at radius 3 is 2.80 bits per heavy atom. The molecule has 1 saturated heterocycles. The van der Waals surface area contributed by atoms with Gasteiger partial charge in [-0.05, 0) is 0 Å². The molecule has 0 atom stereocenters. The summed E-state index contributed by atoms with van der Waals surface area (Å²) in [7, 11) is 0. The van der Waals surface area contributed by atoms with Crippen molar-refractivity contribution in [2.45, 2.75) is 6.92 Å². The largest absolute Gasteiger partial charge is 0.403 e. The van der Waals surface area contributed by atoms with Crippen LogP contribution in [0.2, 0.25) is 0 Å². The lowest BCUT2D eigenvalue weighted by atomic mass is 9.89. The summed E-state index contributed by atoms with van der Waals surface area (Å²) in [6.45, 7) is 4.85. The lowest BCUT2D eigenvalue weighted by Gasteiger charge is -2.37. The molecule has 3 N–H and O–H groups in total. The molecule has 0 amide bonds. The second-order valence-electron chi connectivity index (χ2n) is 3.04. The molecule has 0 aliphatic carbocycles. The molecule has 0 unspecified atom stereocenters. The van der Waals surface area contributed by atoms with Gasteiger partial charge in [-0.15, -0.1) is 0 Å². The van der Waals surface area contributed by atoms with Gasteiger partial charge in [0.1, 0.15) is 0 Å². The Kier molecular flexibility index (Phi) is 2.17. The monoisotopic (exact) mass is 142 g/mol. The Hall–Kier alpha value is -0.700. The maximum Gasteiger partial charge on any atom is 0.0559 e. The van der Waals surface area contributed by atoms with E-state index in [4.69, 9.17) is 10.5 Å². The summed E-state index contributed by atoms with van der Waals surface area (Å²) >= 11 is 0. The molecule has 10 heavy (non-hydrogen) atoms. The molecule has 1 aliphatic rings. The molecule has 58 valence electrons. The van der Waals surface area contributed by atoms with Gasteiger partial charge in [0.2, 0.25) is 0 Å². The summed E-state index contributed by atoms with van der Waals surface area (Å²) in [5.41, 5.74) is 5.48. The van der Waals surface area contributed by atoms with Gasteiger partial charge in [0.05, 0.1) is 13.2 Å². The van der Waals surface area contributed by atoms with Crippen molar-refractivity contribution in [3.05, 3.63) is 12.4 Å². The molecule has 1 fully saturated rings. The van der Waals surface area contributed by atoms with Crippen LogP contribution in [0.15, 0.2) is 12.4 Å². The van der Waals surface area contributed by atoms with E-state index in [1.54, 1.807) is 6.20 Å². The third-order valence-electron chi connectivity index (χ3n) is 1.64. The molecule has 0 bridgehead atoms. The van der Waals surface area contributed by atoms with Crippen LogP contribution in [0.4, 0.5) is 0 Å². The fourth-order valence-electron chi connectivity index (χ4n) is 0.926. The van der Waals surface area contributed by atoms with Crippen LogP contribution >= 0.6 is 0 Å². The van der Waals surface area contributed by atoms with Gasteiger partial charge < -0.3 is 15.8 Å². The van der Waals surface area contributed by atoms with Crippen molar-refractivity contribution in [3.63, 3.8) is 0 Å². The molecule has 3 nitrogen and oxygen atoms in total. The van der Waals surface area contributed by atoms with Crippen LogP contribution in [0, 0.1) is 5.41 Å². The predicted octanol–water partition coefficient (Wildman–Crippen LogP) is 0.0424. The third kappa shape index (κ3) is 1.64. The first kappa shape index (κ1) is 7.41. The van der Waals surface area contributed by atoms with E-state index in [9.17, 15) is 0 Å². The standard InChI is InChI=1S/C7H14N2O/c1-7(5-10-6-7)4-9-3-2-8/h2-3,9H,4-6,8H2,1H3/b3-2+. The van der Waals surface area contributed by atoms with Crippen LogP contribution in [-0.2, 0) is 4.74 Å². The minimum atomic E-state index is 0.333. The molecule has 1 rings (SSSR count). The highest BCUT2D eigenvalue weighted by atomic mass is 16.5. The van der Waals surface area contributed by atoms with Gasteiger partial charge in [0.15, 0.2) is 0 Å². The summed E-state index contributed by atoms with van der Waals surface area (Å²) in [6.07, 6.45) is 3.26. The zero-order chi connectivity index (χ0) is 7.45. The smallest absolute Gasteiger partial charge is 0.0559 e. The lowest BCUT2D eigenvalue weighted by molar-refractivity contribution is -0.0976. The van der Waals surface area contributed by atoms with Gasteiger partial charge in [0, 0.05) is 24.4 Å². The normalized spacial score (nSPS) is 22.5. The zero-order valence-electron chi connectivity index (χ0n) is 6.26. The second kappa shape index (κ2) is 2.92. The van der Waals surface area contributed by atoms with Gasteiger partial charge in [-0.2, -0.15) is 0 Å². The van der Waals surface area contributed by atoms with Gasteiger partial charge in [0.25, 0.3) is 0 Å². The SMILES string of the molecule is CC1(CN/C=C/N)COC1. The third-order valence-corrected chi connectivity index (χ3v) is 1.64. The zero-order valence-corrected chi connectivity index (χ0v) is 6.26. The molecular formula is C7H14N2O. The van der Waals surface area contributed by atoms with E-state index in [1.165, 1.54) is 6.20 Å². The van der Waals surface area contributed by atoms with Crippen molar-refractivity contribution in [1.82, 2.24) is 5.32 Å². The molecular weight excluding hydrogens is 128 g/mol. The Bertz CT molecular complexity index is 130. The van der Waals surface area contributed by atoms with Crippen molar-refractivity contribution in [1.29, 1.82) is 0 Å². The van der Waals surface area contributed by atoms with Crippen molar-refractivity contribution in [2.75, 3.05) is 19.8 Å². The number of hydrogen-bond donors (Lipinski definition) is 2. The van der Waals surface area contributed by atoms with E-state index in [0.29, 0.717) is 5.41 Å². The topological polar surface area (TPSA) is 47.3 Å². The molecule has 1 aliphatic heterocycles. The molecule has 0 aromatic carbocycles. The minimum absolute atomic E-state index is 0.333. The average Bonchev–Trinajstić information content (AvgIpc) is 1.85. The molecule has 0 aromatic rings. The molecule has 1 heterocycles. The van der Waals surface area contributed by atoms with E-state index in [1.807, 2.05) is 0 Å². The Morgan fingerprint density at radius 1 is 1.70 bits per heavy atom. The highest BCUT2D eigenvalue weighted by molar-refractivity contribution is 4.86. The van der Waals surface area contributed by atoms with Crippen LogP contribution in [0.25, 0.3) is 0 Å². The quantitative estimate of drug-likeness (QED) is 0.585. The first-order chi connectivity index (χ1) is 4.77. The van der Waals surface area contributed by atoms with Crippen LogP contribution in [0.5, 0.6) is 0 Å². The molecule has 0 radical (unpaired) electrons. The van der Waals surface area contributed by atoms with E-state index in [-0.39, 0.29) is 0 Å². The summed E-state index contributed by atoms with van der Waals surface area (Å²) in [4.78, 5) is 0. The Labute approximate surface area is 61.2 Å². The molecule has 0 spiro atoms. The van der Waals surface area contributed by atoms with Crippen molar-refractivity contribution < 1.29 is 4.74 Å². The fourth-order valence-corrected chi connectivity index (χ4v) is 0.926.